The Morgan fingerprint density at radius 3 is 2.79 bits per heavy atom. The standard InChI is InChI=1S/C21H32FN3O3/c1-3-23-21(24-10-19(26)14-27-13-16-4-5-16)25-11-15(2)28-20(12-25)17-6-8-18(22)9-7-17/h6-9,15-16,19-20,26H,3-5,10-14H2,1-2H3,(H,23,24). The van der Waals surface area contributed by atoms with E-state index in [0.29, 0.717) is 32.2 Å². The van der Waals surface area contributed by atoms with E-state index < -0.39 is 6.10 Å². The van der Waals surface area contributed by atoms with E-state index in [1.165, 1.54) is 25.0 Å². The van der Waals surface area contributed by atoms with Crippen molar-refractivity contribution < 1.29 is 19.0 Å². The first-order chi connectivity index (χ1) is 13.5. The van der Waals surface area contributed by atoms with E-state index in [1.54, 1.807) is 12.1 Å². The highest BCUT2D eigenvalue weighted by molar-refractivity contribution is 5.80. The van der Waals surface area contributed by atoms with Crippen molar-refractivity contribution in [1.82, 2.24) is 10.2 Å². The smallest absolute Gasteiger partial charge is 0.194 e. The van der Waals surface area contributed by atoms with Gasteiger partial charge in [-0.2, -0.15) is 0 Å². The third-order valence-corrected chi connectivity index (χ3v) is 4.95. The molecule has 28 heavy (non-hydrogen) atoms. The zero-order valence-electron chi connectivity index (χ0n) is 16.8. The number of hydrogen-bond donors (Lipinski definition) is 2. The minimum Gasteiger partial charge on any atom is -0.389 e. The summed E-state index contributed by atoms with van der Waals surface area (Å²) in [6.07, 6.45) is 1.73. The van der Waals surface area contributed by atoms with Gasteiger partial charge in [-0.05, 0) is 50.3 Å². The molecule has 7 heteroatoms. The number of nitrogens with zero attached hydrogens (tertiary/aromatic N) is 2. The molecule has 156 valence electrons. The molecule has 0 aromatic heterocycles. The van der Waals surface area contributed by atoms with Crippen LogP contribution >= 0.6 is 0 Å². The summed E-state index contributed by atoms with van der Waals surface area (Å²) in [4.78, 5) is 6.76. The highest BCUT2D eigenvalue weighted by Gasteiger charge is 2.28. The van der Waals surface area contributed by atoms with Crippen molar-refractivity contribution in [3.05, 3.63) is 35.6 Å². The Kier molecular flexibility index (Phi) is 7.65. The predicted octanol–water partition coefficient (Wildman–Crippen LogP) is 2.34. The molecule has 0 spiro atoms. The van der Waals surface area contributed by atoms with Crippen LogP contribution in [0.3, 0.4) is 0 Å². The van der Waals surface area contributed by atoms with E-state index in [4.69, 9.17) is 9.47 Å². The summed E-state index contributed by atoms with van der Waals surface area (Å²) in [5.74, 6) is 1.19. The zero-order chi connectivity index (χ0) is 19.9. The summed E-state index contributed by atoms with van der Waals surface area (Å²) in [5, 5.41) is 13.5. The summed E-state index contributed by atoms with van der Waals surface area (Å²) in [6.45, 7) is 7.45. The largest absolute Gasteiger partial charge is 0.389 e. The summed E-state index contributed by atoms with van der Waals surface area (Å²) in [6, 6.07) is 6.45. The molecular weight excluding hydrogens is 361 g/mol. The molecule has 1 heterocycles. The zero-order valence-corrected chi connectivity index (χ0v) is 16.8. The molecule has 1 saturated carbocycles. The Hall–Kier alpha value is -1.70. The van der Waals surface area contributed by atoms with Crippen LogP contribution in [0.1, 0.15) is 38.4 Å². The molecule has 3 atom stereocenters. The molecule has 3 rings (SSSR count). The Morgan fingerprint density at radius 1 is 1.36 bits per heavy atom. The maximum Gasteiger partial charge on any atom is 0.194 e. The van der Waals surface area contributed by atoms with Crippen LogP contribution in [0.5, 0.6) is 0 Å². The maximum absolute atomic E-state index is 13.2. The number of hydrogen-bond acceptors (Lipinski definition) is 4. The molecule has 3 unspecified atom stereocenters. The van der Waals surface area contributed by atoms with Gasteiger partial charge in [-0.15, -0.1) is 0 Å². The van der Waals surface area contributed by atoms with Crippen molar-refractivity contribution in [2.75, 3.05) is 39.4 Å². The van der Waals surface area contributed by atoms with Crippen LogP contribution < -0.4 is 5.32 Å². The van der Waals surface area contributed by atoms with Crippen molar-refractivity contribution >= 4 is 5.96 Å². The average Bonchev–Trinajstić information content (AvgIpc) is 3.49. The van der Waals surface area contributed by atoms with Gasteiger partial charge in [-0.25, -0.2) is 4.39 Å². The van der Waals surface area contributed by atoms with E-state index in [2.05, 4.69) is 15.2 Å². The predicted molar refractivity (Wildman–Crippen MR) is 107 cm³/mol. The lowest BCUT2D eigenvalue weighted by Gasteiger charge is -2.38. The molecule has 1 aliphatic heterocycles. The van der Waals surface area contributed by atoms with E-state index in [1.807, 2.05) is 13.8 Å². The van der Waals surface area contributed by atoms with Crippen LogP contribution in [-0.4, -0.2) is 67.6 Å². The molecule has 0 radical (unpaired) electrons. The van der Waals surface area contributed by atoms with Crippen molar-refractivity contribution in [2.45, 2.75) is 45.0 Å². The summed E-state index contributed by atoms with van der Waals surface area (Å²) < 4.78 is 24.8. The Balaban J connectivity index is 1.59. The van der Waals surface area contributed by atoms with E-state index in [0.717, 1.165) is 24.7 Å². The monoisotopic (exact) mass is 393 g/mol. The number of rotatable bonds is 8. The van der Waals surface area contributed by atoms with Crippen molar-refractivity contribution in [3.63, 3.8) is 0 Å². The number of aliphatic hydroxyl groups excluding tert-OH is 1. The summed E-state index contributed by atoms with van der Waals surface area (Å²) in [7, 11) is 0. The second kappa shape index (κ2) is 10.2. The average molecular weight is 394 g/mol. The first kappa shape index (κ1) is 21.0. The van der Waals surface area contributed by atoms with E-state index in [9.17, 15) is 9.50 Å². The molecule has 0 bridgehead atoms. The van der Waals surface area contributed by atoms with Gasteiger partial charge in [-0.1, -0.05) is 12.1 Å². The third-order valence-electron chi connectivity index (χ3n) is 4.95. The second-order valence-electron chi connectivity index (χ2n) is 7.72. The molecule has 2 N–H and O–H groups in total. The molecule has 6 nitrogen and oxygen atoms in total. The quantitative estimate of drug-likeness (QED) is 0.524. The fraction of sp³-hybridized carbons (Fsp3) is 0.667. The molecule has 0 amide bonds. The SMILES string of the molecule is CCNC(=NCC(O)COCC1CC1)N1CC(C)OC(c2ccc(F)cc2)C1. The van der Waals surface area contributed by atoms with Gasteiger partial charge < -0.3 is 24.8 Å². The number of morpholine rings is 1. The Bertz CT molecular complexity index is 636. The van der Waals surface area contributed by atoms with Gasteiger partial charge in [0.1, 0.15) is 11.9 Å². The number of aliphatic hydroxyl groups is 1. The number of halogens is 1. The Morgan fingerprint density at radius 2 is 2.11 bits per heavy atom. The molecular formula is C21H32FN3O3. The first-order valence-electron chi connectivity index (χ1n) is 10.2. The molecule has 1 aromatic carbocycles. The topological polar surface area (TPSA) is 66.3 Å². The molecule has 1 aliphatic carbocycles. The van der Waals surface area contributed by atoms with Gasteiger partial charge in [0.15, 0.2) is 5.96 Å². The van der Waals surface area contributed by atoms with Gasteiger partial charge >= 0.3 is 0 Å². The van der Waals surface area contributed by atoms with E-state index >= 15 is 0 Å². The van der Waals surface area contributed by atoms with E-state index in [-0.39, 0.29) is 18.0 Å². The third kappa shape index (κ3) is 6.43. The maximum atomic E-state index is 13.2. The van der Waals surface area contributed by atoms with Crippen molar-refractivity contribution in [2.24, 2.45) is 10.9 Å². The molecule has 2 fully saturated rings. The van der Waals surface area contributed by atoms with Gasteiger partial charge in [0.25, 0.3) is 0 Å². The molecule has 2 aliphatic rings. The van der Waals surface area contributed by atoms with Crippen LogP contribution in [0, 0.1) is 11.7 Å². The lowest BCUT2D eigenvalue weighted by Crippen LogP contribution is -2.51. The second-order valence-corrected chi connectivity index (χ2v) is 7.72. The van der Waals surface area contributed by atoms with Crippen LogP contribution in [0.15, 0.2) is 29.3 Å². The lowest BCUT2D eigenvalue weighted by atomic mass is 10.1. The number of guanidine groups is 1. The van der Waals surface area contributed by atoms with Gasteiger partial charge in [0.05, 0.1) is 31.9 Å². The van der Waals surface area contributed by atoms with Crippen molar-refractivity contribution in [1.29, 1.82) is 0 Å². The molecule has 1 saturated heterocycles. The Labute approximate surface area is 166 Å². The van der Waals surface area contributed by atoms with Crippen LogP contribution in [0.2, 0.25) is 0 Å². The first-order valence-corrected chi connectivity index (χ1v) is 10.2. The number of nitrogens with one attached hydrogen (secondary N) is 1. The van der Waals surface area contributed by atoms with Gasteiger partial charge in [0, 0.05) is 19.7 Å². The summed E-state index contributed by atoms with van der Waals surface area (Å²) >= 11 is 0. The summed E-state index contributed by atoms with van der Waals surface area (Å²) in [5.41, 5.74) is 0.947. The fourth-order valence-electron chi connectivity index (χ4n) is 3.31. The van der Waals surface area contributed by atoms with Crippen LogP contribution in [-0.2, 0) is 9.47 Å². The van der Waals surface area contributed by atoms with Crippen LogP contribution in [0.4, 0.5) is 4.39 Å². The van der Waals surface area contributed by atoms with Gasteiger partial charge in [0.2, 0.25) is 0 Å². The fourth-order valence-corrected chi connectivity index (χ4v) is 3.31. The highest BCUT2D eigenvalue weighted by Crippen LogP contribution is 2.28. The number of aliphatic imine (C=N–C) groups is 1. The van der Waals surface area contributed by atoms with Crippen molar-refractivity contribution in [3.8, 4) is 0 Å². The van der Waals surface area contributed by atoms with Crippen LogP contribution in [0.25, 0.3) is 0 Å². The lowest BCUT2D eigenvalue weighted by molar-refractivity contribution is -0.0605. The molecule has 1 aromatic rings. The minimum atomic E-state index is -0.612. The number of ether oxygens (including phenoxy) is 2. The minimum absolute atomic E-state index is 0.0134. The highest BCUT2D eigenvalue weighted by atomic mass is 19.1. The van der Waals surface area contributed by atoms with Gasteiger partial charge in [-0.3, -0.25) is 4.99 Å². The number of benzene rings is 1. The normalized spacial score (nSPS) is 24.3.